The molecule has 0 aromatic heterocycles. The molecule has 0 saturated carbocycles. The molecule has 5 heteroatoms. The third kappa shape index (κ3) is 27.5. The van der Waals surface area contributed by atoms with E-state index in [0.29, 0.717) is 24.7 Å². The van der Waals surface area contributed by atoms with Crippen molar-refractivity contribution in [3.8, 4) is 0 Å². The molecule has 0 aliphatic carbocycles. The normalized spacial score (nSPS) is 2.20. The van der Waals surface area contributed by atoms with Crippen molar-refractivity contribution >= 4 is 0 Å². The summed E-state index contributed by atoms with van der Waals surface area (Å²) < 4.78 is 25.5. The van der Waals surface area contributed by atoms with Crippen molar-refractivity contribution in [3.05, 3.63) is 0 Å². The van der Waals surface area contributed by atoms with Gasteiger partial charge in [-0.1, -0.05) is 0 Å². The van der Waals surface area contributed by atoms with Crippen LogP contribution in [0.3, 0.4) is 0 Å². The fourth-order valence-electron chi connectivity index (χ4n) is 0. The molecule has 0 radical (unpaired) electrons. The molecule has 0 heterocycles. The molecule has 0 aliphatic rings. The van der Waals surface area contributed by atoms with Gasteiger partial charge in [0.1, 0.15) is 0 Å². The molecule has 0 atom stereocenters. The summed E-state index contributed by atoms with van der Waals surface area (Å²) in [4.78, 5) is 0. The Labute approximate surface area is 65.8 Å². The van der Waals surface area contributed by atoms with Crippen LogP contribution in [0.15, 0.2) is 0 Å². The zero-order chi connectivity index (χ0) is 4.71. The Morgan fingerprint density at radius 2 is 1.20 bits per heavy atom. The average Bonchev–Trinajstić information content (AvgIpc) is 1.46. The van der Waals surface area contributed by atoms with Crippen molar-refractivity contribution in [1.82, 2.24) is 0 Å². The third-order valence-corrected chi connectivity index (χ3v) is 0. The minimum absolute atomic E-state index is 0.300. The van der Waals surface area contributed by atoms with Crippen LogP contribution in [0.2, 0.25) is 0 Å². The molecule has 0 aromatic rings. The second-order valence-electron chi connectivity index (χ2n) is 0.0833. The van der Waals surface area contributed by atoms with Crippen molar-refractivity contribution in [2.75, 3.05) is 0 Å². The Hall–Kier alpha value is 1.66. The van der Waals surface area contributed by atoms with Gasteiger partial charge in [-0.3, -0.25) is 0 Å². The van der Waals surface area contributed by atoms with E-state index < -0.39 is 37.8 Å². The molecule has 0 amide bonds. The summed E-state index contributed by atoms with van der Waals surface area (Å²) in [6, 6.07) is 0. The van der Waals surface area contributed by atoms with Gasteiger partial charge in [-0.15, -0.1) is 0 Å². The van der Waals surface area contributed by atoms with Crippen molar-refractivity contribution in [2.24, 2.45) is 0 Å². The standard InChI is InChI=1S/Ce.3O.Zr. The maximum absolute atomic E-state index is 8.57. The molecule has 0 fully saturated rings. The monoisotopic (exact) mass is 278 g/mol. The first-order chi connectivity index (χ1) is 2.41. The van der Waals surface area contributed by atoms with Crippen LogP contribution < -0.4 is 0 Å². The fraction of sp³-hybridized carbons (Fsp3) is 0. The van der Waals surface area contributed by atoms with Gasteiger partial charge in [0.25, 0.3) is 0 Å². The summed E-state index contributed by atoms with van der Waals surface area (Å²) in [7, 11) is 0. The van der Waals surface area contributed by atoms with E-state index in [-0.39, 0.29) is 0 Å². The van der Waals surface area contributed by atoms with E-state index in [2.05, 4.69) is 0 Å². The van der Waals surface area contributed by atoms with Gasteiger partial charge < -0.3 is 0 Å². The van der Waals surface area contributed by atoms with Gasteiger partial charge in [0.2, 0.25) is 0 Å². The number of hydrogen-bond acceptors (Lipinski definition) is 3. The quantitative estimate of drug-likeness (QED) is 0.608. The van der Waals surface area contributed by atoms with E-state index in [0.717, 1.165) is 0 Å². The molecule has 0 rings (SSSR count). The van der Waals surface area contributed by atoms with Crippen LogP contribution >= 0.6 is 0 Å². The molecule has 26 valence electrons. The number of rotatable bonds is 0. The molecule has 0 spiro atoms. The Balaban J connectivity index is 0. The van der Waals surface area contributed by atoms with Crippen molar-refractivity contribution in [1.29, 1.82) is 0 Å². The Kier molecular flexibility index (Phi) is 34.1. The summed E-state index contributed by atoms with van der Waals surface area (Å²) in [5.74, 6) is 0. The van der Waals surface area contributed by atoms with Crippen LogP contribution in [0.1, 0.15) is 0 Å². The van der Waals surface area contributed by atoms with E-state index >= 15 is 0 Å². The van der Waals surface area contributed by atoms with E-state index in [1.165, 1.54) is 0 Å². The molecular formula is CeO3Zr. The predicted octanol–water partition coefficient (Wildman–Crippen LogP) is -0.359. The van der Waals surface area contributed by atoms with E-state index in [1.54, 1.807) is 0 Å². The first-order valence-corrected chi connectivity index (χ1v) is 4.18. The topological polar surface area (TPSA) is 51.2 Å². The molecule has 0 bridgehead atoms. The zero-order valence-corrected chi connectivity index (χ0v) is 7.82. The molecule has 0 N–H and O–H groups in total. The summed E-state index contributed by atoms with van der Waals surface area (Å²) >= 11 is -2.12. The van der Waals surface area contributed by atoms with Crippen molar-refractivity contribution in [2.45, 2.75) is 0 Å². The summed E-state index contributed by atoms with van der Waals surface area (Å²) in [6.45, 7) is 0. The average molecular weight is 279 g/mol. The second kappa shape index (κ2) is 17.4. The van der Waals surface area contributed by atoms with Gasteiger partial charge >= 0.3 is 67.2 Å². The van der Waals surface area contributed by atoms with Gasteiger partial charge in [-0.25, -0.2) is 0 Å². The van der Waals surface area contributed by atoms with Gasteiger partial charge in [-0.05, 0) is 0 Å². The van der Waals surface area contributed by atoms with Gasteiger partial charge in [-0.2, -0.15) is 0 Å². The number of hydrogen-bond donors (Lipinski definition) is 0. The van der Waals surface area contributed by atoms with E-state index in [4.69, 9.17) is 4.69 Å². The molecule has 3 nitrogen and oxygen atoms in total. The molecule has 0 aromatic carbocycles. The van der Waals surface area contributed by atoms with Crippen LogP contribution in [0.25, 0.3) is 0 Å². The summed E-state index contributed by atoms with van der Waals surface area (Å²) in [6.07, 6.45) is 0. The molecule has 0 aliphatic heterocycles. The van der Waals surface area contributed by atoms with Crippen molar-refractivity contribution in [3.63, 3.8) is 0 Å². The SMILES string of the molecule is [O]=[Ce]=[O].[O]=[Zr]. The Bertz CT molecular complexity index is 36.2. The van der Waals surface area contributed by atoms with Gasteiger partial charge in [0.15, 0.2) is 0 Å². The van der Waals surface area contributed by atoms with Crippen LogP contribution in [0.4, 0.5) is 0 Å². The second-order valence-corrected chi connectivity index (χ2v) is 0.607. The molecule has 0 unspecified atom stereocenters. The predicted molar refractivity (Wildman–Crippen MR) is 2.06 cm³/mol. The first kappa shape index (κ1) is 9.82. The van der Waals surface area contributed by atoms with Gasteiger partial charge in [0.05, 0.1) is 0 Å². The Morgan fingerprint density at radius 1 is 1.20 bits per heavy atom. The van der Waals surface area contributed by atoms with Crippen molar-refractivity contribution < 1.29 is 67.2 Å². The minimum atomic E-state index is -2.42. The third-order valence-electron chi connectivity index (χ3n) is 0. The van der Waals surface area contributed by atoms with E-state index in [1.807, 2.05) is 0 Å². The molecular weight excluding hydrogens is 279 g/mol. The summed E-state index contributed by atoms with van der Waals surface area (Å²) in [5, 5.41) is 0. The van der Waals surface area contributed by atoms with Crippen LogP contribution in [0, 0.1) is 37.8 Å². The molecule has 0 saturated heterocycles. The zero-order valence-electron chi connectivity index (χ0n) is 2.22. The Morgan fingerprint density at radius 3 is 1.20 bits per heavy atom. The van der Waals surface area contributed by atoms with Gasteiger partial charge in [0, 0.05) is 0 Å². The fourth-order valence-corrected chi connectivity index (χ4v) is 0. The van der Waals surface area contributed by atoms with E-state index in [9.17, 15) is 0 Å². The molecule has 5 heavy (non-hydrogen) atoms. The summed E-state index contributed by atoms with van der Waals surface area (Å²) in [5.41, 5.74) is 0. The maximum atomic E-state index is 8.57. The first-order valence-electron chi connectivity index (χ1n) is 0.612. The van der Waals surface area contributed by atoms with Crippen LogP contribution in [0.5, 0.6) is 0 Å². The van der Waals surface area contributed by atoms with Crippen LogP contribution in [-0.4, -0.2) is 0 Å². The van der Waals surface area contributed by atoms with Crippen LogP contribution in [-0.2, 0) is 29.4 Å².